The van der Waals surface area contributed by atoms with Crippen molar-refractivity contribution in [3.63, 3.8) is 0 Å². The normalized spacial score (nSPS) is 15.7. The molecule has 1 amide bonds. The van der Waals surface area contributed by atoms with Crippen LogP contribution in [0.25, 0.3) is 11.1 Å². The molecule has 1 aromatic carbocycles. The van der Waals surface area contributed by atoms with Crippen LogP contribution in [0.15, 0.2) is 22.6 Å². The highest BCUT2D eigenvalue weighted by Gasteiger charge is 2.27. The van der Waals surface area contributed by atoms with Crippen molar-refractivity contribution < 1.29 is 23.4 Å². The Morgan fingerprint density at radius 2 is 1.90 bits per heavy atom. The fraction of sp³-hybridized carbons (Fsp3) is 0.350. The molecule has 0 aliphatic carbocycles. The zero-order chi connectivity index (χ0) is 20.0. The second-order valence-corrected chi connectivity index (χ2v) is 6.93. The standard InChI is InChI=1S/C20H20N4O5/c1-11-16(19(25)23-13-3-4-14-15(9-13)28-10-27-14)17-18(24-5-7-26-8-6-24)21-12(2)22-20(17)29-11/h3-4,9H,5-8,10H2,1-2H3,(H,23,25). The molecule has 2 aliphatic rings. The Morgan fingerprint density at radius 1 is 1.10 bits per heavy atom. The number of hydrogen-bond donors (Lipinski definition) is 1. The number of nitrogens with zero attached hydrogens (tertiary/aromatic N) is 3. The lowest BCUT2D eigenvalue weighted by Gasteiger charge is -2.28. The summed E-state index contributed by atoms with van der Waals surface area (Å²) in [5.41, 5.74) is 1.44. The highest BCUT2D eigenvalue weighted by atomic mass is 16.7. The van der Waals surface area contributed by atoms with E-state index >= 15 is 0 Å². The largest absolute Gasteiger partial charge is 0.454 e. The molecule has 0 bridgehead atoms. The summed E-state index contributed by atoms with van der Waals surface area (Å²) in [6.07, 6.45) is 0. The maximum Gasteiger partial charge on any atom is 0.260 e. The molecule has 9 nitrogen and oxygen atoms in total. The van der Waals surface area contributed by atoms with Crippen LogP contribution in [0.5, 0.6) is 11.5 Å². The summed E-state index contributed by atoms with van der Waals surface area (Å²) in [5.74, 6) is 2.75. The number of furan rings is 1. The predicted octanol–water partition coefficient (Wildman–Crippen LogP) is 2.66. The number of morpholine rings is 1. The van der Waals surface area contributed by atoms with Crippen LogP contribution in [-0.2, 0) is 4.74 Å². The van der Waals surface area contributed by atoms with E-state index in [1.807, 2.05) is 6.92 Å². The van der Waals surface area contributed by atoms with Gasteiger partial charge in [-0.25, -0.2) is 4.98 Å². The number of carbonyl (C=O) groups excluding carboxylic acids is 1. The molecule has 150 valence electrons. The van der Waals surface area contributed by atoms with Gasteiger partial charge in [-0.15, -0.1) is 0 Å². The van der Waals surface area contributed by atoms with Crippen molar-refractivity contribution in [1.82, 2.24) is 9.97 Å². The molecule has 2 aromatic heterocycles. The van der Waals surface area contributed by atoms with E-state index in [-0.39, 0.29) is 12.7 Å². The summed E-state index contributed by atoms with van der Waals surface area (Å²) in [6.45, 7) is 6.36. The summed E-state index contributed by atoms with van der Waals surface area (Å²) >= 11 is 0. The minimum absolute atomic E-state index is 0.178. The lowest BCUT2D eigenvalue weighted by atomic mass is 10.1. The highest BCUT2D eigenvalue weighted by molar-refractivity contribution is 6.15. The number of amides is 1. The van der Waals surface area contributed by atoms with E-state index in [0.29, 0.717) is 77.6 Å². The molecule has 0 radical (unpaired) electrons. The Balaban J connectivity index is 1.55. The van der Waals surface area contributed by atoms with Crippen molar-refractivity contribution in [3.8, 4) is 11.5 Å². The van der Waals surface area contributed by atoms with Gasteiger partial charge in [0.2, 0.25) is 12.5 Å². The van der Waals surface area contributed by atoms with E-state index in [0.717, 1.165) is 0 Å². The van der Waals surface area contributed by atoms with Gasteiger partial charge in [0.1, 0.15) is 17.4 Å². The van der Waals surface area contributed by atoms with Crippen molar-refractivity contribution in [2.75, 3.05) is 43.3 Å². The molecule has 1 N–H and O–H groups in total. The van der Waals surface area contributed by atoms with E-state index in [2.05, 4.69) is 20.2 Å². The SMILES string of the molecule is Cc1nc(N2CCOCC2)c2c(C(=O)Nc3ccc4c(c3)OCO4)c(C)oc2n1. The fourth-order valence-corrected chi connectivity index (χ4v) is 3.64. The predicted molar refractivity (Wildman–Crippen MR) is 105 cm³/mol. The number of hydrogen-bond acceptors (Lipinski definition) is 8. The maximum atomic E-state index is 13.2. The van der Waals surface area contributed by atoms with E-state index < -0.39 is 0 Å². The van der Waals surface area contributed by atoms with Crippen LogP contribution in [0.3, 0.4) is 0 Å². The van der Waals surface area contributed by atoms with Crippen molar-refractivity contribution in [2.24, 2.45) is 0 Å². The summed E-state index contributed by atoms with van der Waals surface area (Å²) in [4.78, 5) is 24.3. The third-order valence-corrected chi connectivity index (χ3v) is 4.99. The summed E-state index contributed by atoms with van der Waals surface area (Å²) < 4.78 is 22.0. The summed E-state index contributed by atoms with van der Waals surface area (Å²) in [6, 6.07) is 5.28. The number of aryl methyl sites for hydroxylation is 2. The van der Waals surface area contributed by atoms with Crippen molar-refractivity contribution in [2.45, 2.75) is 13.8 Å². The molecule has 29 heavy (non-hydrogen) atoms. The number of ether oxygens (including phenoxy) is 3. The Morgan fingerprint density at radius 3 is 2.72 bits per heavy atom. The fourth-order valence-electron chi connectivity index (χ4n) is 3.64. The number of benzene rings is 1. The van der Waals surface area contributed by atoms with E-state index in [4.69, 9.17) is 18.6 Å². The smallest absolute Gasteiger partial charge is 0.260 e. The number of nitrogens with one attached hydrogen (secondary N) is 1. The molecular formula is C20H20N4O5. The van der Waals surface area contributed by atoms with Gasteiger partial charge in [-0.1, -0.05) is 0 Å². The Labute approximate surface area is 166 Å². The van der Waals surface area contributed by atoms with Gasteiger partial charge < -0.3 is 28.8 Å². The molecule has 0 atom stereocenters. The van der Waals surface area contributed by atoms with Crippen molar-refractivity contribution in [3.05, 3.63) is 35.3 Å². The highest BCUT2D eigenvalue weighted by Crippen LogP contribution is 2.36. The average molecular weight is 396 g/mol. The van der Waals surface area contributed by atoms with Crippen LogP contribution < -0.4 is 19.7 Å². The van der Waals surface area contributed by atoms with Gasteiger partial charge in [-0.05, 0) is 26.0 Å². The number of fused-ring (bicyclic) bond motifs is 2. The lowest BCUT2D eigenvalue weighted by molar-refractivity contribution is 0.102. The number of anilines is 2. The minimum Gasteiger partial charge on any atom is -0.454 e. The van der Waals surface area contributed by atoms with E-state index in [1.54, 1.807) is 25.1 Å². The number of carbonyl (C=O) groups is 1. The van der Waals surface area contributed by atoms with Gasteiger partial charge in [0.05, 0.1) is 24.2 Å². The lowest BCUT2D eigenvalue weighted by Crippen LogP contribution is -2.37. The molecule has 5 rings (SSSR count). The monoisotopic (exact) mass is 396 g/mol. The van der Waals surface area contributed by atoms with E-state index in [9.17, 15) is 4.79 Å². The first-order valence-electron chi connectivity index (χ1n) is 9.41. The maximum absolute atomic E-state index is 13.2. The molecule has 0 spiro atoms. The second-order valence-electron chi connectivity index (χ2n) is 6.93. The quantitative estimate of drug-likeness (QED) is 0.721. The van der Waals surface area contributed by atoms with Gasteiger partial charge in [-0.3, -0.25) is 4.79 Å². The summed E-state index contributed by atoms with van der Waals surface area (Å²) in [5, 5.41) is 3.54. The van der Waals surface area contributed by atoms with Crippen LogP contribution in [-0.4, -0.2) is 49.0 Å². The van der Waals surface area contributed by atoms with Crippen LogP contribution in [0, 0.1) is 13.8 Å². The number of aromatic nitrogens is 2. The molecule has 1 fully saturated rings. The van der Waals surface area contributed by atoms with Crippen LogP contribution in [0.1, 0.15) is 21.9 Å². The molecule has 4 heterocycles. The van der Waals surface area contributed by atoms with Crippen molar-refractivity contribution >= 4 is 28.5 Å². The second kappa shape index (κ2) is 6.93. The molecule has 9 heteroatoms. The van der Waals surface area contributed by atoms with Crippen LogP contribution >= 0.6 is 0 Å². The van der Waals surface area contributed by atoms with Gasteiger partial charge in [0.25, 0.3) is 5.91 Å². The van der Waals surface area contributed by atoms with Gasteiger partial charge in [-0.2, -0.15) is 4.98 Å². The molecule has 0 unspecified atom stereocenters. The number of rotatable bonds is 3. The zero-order valence-corrected chi connectivity index (χ0v) is 16.2. The van der Waals surface area contributed by atoms with Crippen LogP contribution in [0.4, 0.5) is 11.5 Å². The van der Waals surface area contributed by atoms with Gasteiger partial charge >= 0.3 is 0 Å². The first kappa shape index (κ1) is 17.7. The Hall–Kier alpha value is -3.33. The zero-order valence-electron chi connectivity index (χ0n) is 16.2. The average Bonchev–Trinajstić information content (AvgIpc) is 3.30. The van der Waals surface area contributed by atoms with E-state index in [1.165, 1.54) is 0 Å². The molecule has 2 aliphatic heterocycles. The minimum atomic E-state index is -0.290. The molecule has 3 aromatic rings. The Kier molecular flexibility index (Phi) is 4.24. The topological polar surface area (TPSA) is 99.0 Å². The first-order valence-corrected chi connectivity index (χ1v) is 9.41. The summed E-state index contributed by atoms with van der Waals surface area (Å²) in [7, 11) is 0. The van der Waals surface area contributed by atoms with Gasteiger partial charge in [0, 0.05) is 24.8 Å². The molecule has 1 saturated heterocycles. The van der Waals surface area contributed by atoms with Gasteiger partial charge in [0.15, 0.2) is 11.5 Å². The Bertz CT molecular complexity index is 1100. The molecule has 0 saturated carbocycles. The van der Waals surface area contributed by atoms with Crippen LogP contribution in [0.2, 0.25) is 0 Å². The molecular weight excluding hydrogens is 376 g/mol. The first-order chi connectivity index (χ1) is 14.1. The third kappa shape index (κ3) is 3.13. The third-order valence-electron chi connectivity index (χ3n) is 4.99. The van der Waals surface area contributed by atoms with Crippen molar-refractivity contribution in [1.29, 1.82) is 0 Å².